The van der Waals surface area contributed by atoms with Crippen molar-refractivity contribution in [2.75, 3.05) is 11.6 Å². The van der Waals surface area contributed by atoms with E-state index in [0.717, 1.165) is 17.1 Å². The highest BCUT2D eigenvalue weighted by Gasteiger charge is 2.39. The topological polar surface area (TPSA) is 51.8 Å². The van der Waals surface area contributed by atoms with Crippen LogP contribution in [0.4, 0.5) is 45.2 Å². The molecular weight excluding hydrogens is 515 g/mol. The molecule has 1 unspecified atom stereocenters. The molecule has 0 radical (unpaired) electrons. The molecule has 0 aliphatic carbocycles. The summed E-state index contributed by atoms with van der Waals surface area (Å²) in [5.41, 5.74) is -3.52. The minimum Gasteiger partial charge on any atom is -0.236 e. The number of hydrogen-bond acceptors (Lipinski definition) is 4. The van der Waals surface area contributed by atoms with Gasteiger partial charge >= 0.3 is 18.5 Å². The number of anilines is 1. The van der Waals surface area contributed by atoms with Crippen molar-refractivity contribution in [2.24, 2.45) is 10.3 Å². The van der Waals surface area contributed by atoms with Crippen molar-refractivity contribution < 1.29 is 39.5 Å². The zero-order chi connectivity index (χ0) is 27.2. The third-order valence-corrected chi connectivity index (χ3v) is 5.61. The van der Waals surface area contributed by atoms with Gasteiger partial charge in [-0.1, -0.05) is 23.4 Å². The molecule has 0 fully saturated rings. The predicted octanol–water partition coefficient (Wildman–Crippen LogP) is 8.21. The lowest BCUT2D eigenvalue weighted by Gasteiger charge is -2.25. The fraction of sp³-hybridized carbons (Fsp3) is 0.208. The molecule has 37 heavy (non-hydrogen) atoms. The molecule has 0 saturated carbocycles. The standard InChI is InChI=1S/C24H13F9N4/c25-22(26,27)17-4-1-13(2-5-17)14-3-6-20(16(7-14)11-34)37-21(12-35-36-37)15-8-18(23(28,29)30)10-19(9-15)24(31,32)33/h1-10,21H,12H2. The highest BCUT2D eigenvalue weighted by Crippen LogP contribution is 2.41. The first-order valence-corrected chi connectivity index (χ1v) is 10.4. The molecule has 0 amide bonds. The molecule has 13 heteroatoms. The van der Waals surface area contributed by atoms with Gasteiger partial charge < -0.3 is 0 Å². The average Bonchev–Trinajstić information content (AvgIpc) is 3.31. The quantitative estimate of drug-likeness (QED) is 0.322. The molecule has 1 aliphatic heterocycles. The third-order valence-electron chi connectivity index (χ3n) is 5.61. The Labute approximate surface area is 203 Å². The molecule has 4 nitrogen and oxygen atoms in total. The van der Waals surface area contributed by atoms with E-state index in [1.165, 1.54) is 30.3 Å². The van der Waals surface area contributed by atoms with Crippen molar-refractivity contribution in [2.45, 2.75) is 24.6 Å². The maximum atomic E-state index is 13.3. The fourth-order valence-electron chi connectivity index (χ4n) is 3.81. The van der Waals surface area contributed by atoms with Gasteiger partial charge in [0.2, 0.25) is 0 Å². The molecule has 3 aromatic carbocycles. The van der Waals surface area contributed by atoms with Gasteiger partial charge in [-0.25, -0.2) is 5.01 Å². The Hall–Kier alpha value is -4.08. The molecule has 1 aliphatic rings. The summed E-state index contributed by atoms with van der Waals surface area (Å²) in [6, 6.07) is 10.1. The first-order chi connectivity index (χ1) is 17.2. The van der Waals surface area contributed by atoms with Crippen LogP contribution in [0.5, 0.6) is 0 Å². The van der Waals surface area contributed by atoms with Crippen LogP contribution in [0.25, 0.3) is 11.1 Å². The molecule has 0 spiro atoms. The van der Waals surface area contributed by atoms with Gasteiger partial charge in [0.25, 0.3) is 0 Å². The average molecular weight is 528 g/mol. The first-order valence-electron chi connectivity index (χ1n) is 10.4. The Kier molecular flexibility index (Phi) is 6.39. The third kappa shape index (κ3) is 5.37. The van der Waals surface area contributed by atoms with Gasteiger partial charge in [0.05, 0.1) is 34.5 Å². The van der Waals surface area contributed by atoms with E-state index in [2.05, 4.69) is 10.3 Å². The normalized spacial score (nSPS) is 16.2. The van der Waals surface area contributed by atoms with E-state index in [1.54, 1.807) is 0 Å². The highest BCUT2D eigenvalue weighted by molar-refractivity contribution is 5.72. The van der Waals surface area contributed by atoms with E-state index in [-0.39, 0.29) is 29.4 Å². The largest absolute Gasteiger partial charge is 0.416 e. The Balaban J connectivity index is 1.73. The molecular formula is C24H13F9N4. The fourth-order valence-corrected chi connectivity index (χ4v) is 3.81. The number of hydrogen-bond donors (Lipinski definition) is 0. The smallest absolute Gasteiger partial charge is 0.236 e. The maximum absolute atomic E-state index is 13.3. The van der Waals surface area contributed by atoms with E-state index in [0.29, 0.717) is 23.3 Å². The van der Waals surface area contributed by atoms with Crippen molar-refractivity contribution in [3.63, 3.8) is 0 Å². The van der Waals surface area contributed by atoms with Gasteiger partial charge in [-0.3, -0.25) is 0 Å². The molecule has 0 saturated heterocycles. The number of rotatable bonds is 3. The van der Waals surface area contributed by atoms with Crippen molar-refractivity contribution in [1.82, 2.24) is 0 Å². The summed E-state index contributed by atoms with van der Waals surface area (Å²) in [6.07, 6.45) is -14.6. The molecule has 0 N–H and O–H groups in total. The lowest BCUT2D eigenvalue weighted by atomic mass is 9.97. The van der Waals surface area contributed by atoms with Crippen LogP contribution in [0, 0.1) is 11.3 Å². The van der Waals surface area contributed by atoms with Gasteiger partial charge in [0.15, 0.2) is 0 Å². The Morgan fingerprint density at radius 1 is 0.703 bits per heavy atom. The number of benzene rings is 3. The number of nitrogens with zero attached hydrogens (tertiary/aromatic N) is 4. The summed E-state index contributed by atoms with van der Waals surface area (Å²) in [4.78, 5) is 0. The minimum atomic E-state index is -5.05. The lowest BCUT2D eigenvalue weighted by molar-refractivity contribution is -0.143. The molecule has 3 aromatic rings. The van der Waals surface area contributed by atoms with E-state index < -0.39 is 41.3 Å². The predicted molar refractivity (Wildman–Crippen MR) is 113 cm³/mol. The van der Waals surface area contributed by atoms with E-state index in [4.69, 9.17) is 0 Å². The van der Waals surface area contributed by atoms with E-state index in [9.17, 15) is 44.8 Å². The minimum absolute atomic E-state index is 0.0106. The van der Waals surface area contributed by atoms with Crippen LogP contribution >= 0.6 is 0 Å². The summed E-state index contributed by atoms with van der Waals surface area (Å²) in [6.45, 7) is -0.274. The lowest BCUT2D eigenvalue weighted by Crippen LogP contribution is -2.23. The van der Waals surface area contributed by atoms with Gasteiger partial charge in [-0.2, -0.15) is 49.9 Å². The van der Waals surface area contributed by atoms with Crippen LogP contribution in [0.15, 0.2) is 71.0 Å². The zero-order valence-corrected chi connectivity index (χ0v) is 18.2. The van der Waals surface area contributed by atoms with Crippen LogP contribution in [-0.2, 0) is 18.5 Å². The molecule has 4 rings (SSSR count). The Morgan fingerprint density at radius 2 is 1.24 bits per heavy atom. The van der Waals surface area contributed by atoms with E-state index >= 15 is 0 Å². The number of nitriles is 1. The van der Waals surface area contributed by atoms with Gasteiger partial charge in [0.1, 0.15) is 12.1 Å². The van der Waals surface area contributed by atoms with Crippen molar-refractivity contribution >= 4 is 5.69 Å². The molecule has 1 atom stereocenters. The second kappa shape index (κ2) is 9.10. The molecule has 0 bridgehead atoms. The van der Waals surface area contributed by atoms with Crippen LogP contribution in [0.2, 0.25) is 0 Å². The first kappa shape index (κ1) is 26.0. The Bertz CT molecular complexity index is 1350. The maximum Gasteiger partial charge on any atom is 0.416 e. The van der Waals surface area contributed by atoms with E-state index in [1.807, 2.05) is 6.07 Å². The van der Waals surface area contributed by atoms with Crippen molar-refractivity contribution in [1.29, 1.82) is 5.26 Å². The highest BCUT2D eigenvalue weighted by atomic mass is 19.4. The second-order valence-corrected chi connectivity index (χ2v) is 8.03. The van der Waals surface area contributed by atoms with Crippen molar-refractivity contribution in [3.05, 3.63) is 88.5 Å². The second-order valence-electron chi connectivity index (χ2n) is 8.03. The summed E-state index contributed by atoms with van der Waals surface area (Å²) in [5.74, 6) is 0. The van der Waals surface area contributed by atoms with Gasteiger partial charge in [-0.05, 0) is 59.2 Å². The monoisotopic (exact) mass is 528 g/mol. The summed E-state index contributed by atoms with van der Waals surface area (Å²) >= 11 is 0. The molecule has 0 aromatic heterocycles. The van der Waals surface area contributed by atoms with Crippen LogP contribution in [0.3, 0.4) is 0 Å². The SMILES string of the molecule is N#Cc1cc(-c2ccc(C(F)(F)F)cc2)ccc1N1N=NCC1c1cc(C(F)(F)F)cc(C(F)(F)F)c1. The number of alkyl halides is 9. The summed E-state index contributed by atoms with van der Waals surface area (Å²) in [5, 5.41) is 18.3. The zero-order valence-electron chi connectivity index (χ0n) is 18.2. The van der Waals surface area contributed by atoms with Crippen LogP contribution in [0.1, 0.15) is 33.9 Å². The number of halogens is 9. The molecule has 1 heterocycles. The van der Waals surface area contributed by atoms with Crippen LogP contribution < -0.4 is 5.01 Å². The molecule has 192 valence electrons. The Morgan fingerprint density at radius 3 is 1.76 bits per heavy atom. The van der Waals surface area contributed by atoms with Crippen LogP contribution in [-0.4, -0.2) is 6.54 Å². The van der Waals surface area contributed by atoms with Crippen molar-refractivity contribution in [3.8, 4) is 17.2 Å². The summed E-state index contributed by atoms with van der Waals surface area (Å²) in [7, 11) is 0. The summed E-state index contributed by atoms with van der Waals surface area (Å²) < 4.78 is 118. The van der Waals surface area contributed by atoms with Gasteiger partial charge in [0, 0.05) is 0 Å². The van der Waals surface area contributed by atoms with Gasteiger partial charge in [-0.15, -0.1) is 0 Å².